The topological polar surface area (TPSA) is 112 Å². The predicted octanol–water partition coefficient (Wildman–Crippen LogP) is 31.4. The van der Waals surface area contributed by atoms with Crippen molar-refractivity contribution in [3.05, 3.63) is 451 Å². The molecule has 9 nitrogen and oxygen atoms in total. The molecule has 0 bridgehead atoms. The van der Waals surface area contributed by atoms with E-state index in [9.17, 15) is 14.7 Å². The molecule has 15 aromatic carbocycles. The van der Waals surface area contributed by atoms with Gasteiger partial charge in [-0.1, -0.05) is 362 Å². The summed E-state index contributed by atoms with van der Waals surface area (Å²) >= 11 is 6.81. The van der Waals surface area contributed by atoms with Gasteiger partial charge in [0.15, 0.2) is 5.78 Å². The van der Waals surface area contributed by atoms with Crippen molar-refractivity contribution in [1.29, 1.82) is 0 Å². The molecular weight excluding hydrogens is 1690 g/mol. The average molecular weight is 1780 g/mol. The number of carbonyl (C=O) groups excluding carboxylic acids is 2. The van der Waals surface area contributed by atoms with E-state index in [2.05, 4.69) is 336 Å². The number of para-hydroxylation sites is 2. The molecule has 0 radical (unpaired) electrons. The second-order valence-electron chi connectivity index (χ2n) is 32.2. The van der Waals surface area contributed by atoms with Crippen LogP contribution in [0.4, 0.5) is 0 Å². The number of hydrogen-bond acceptors (Lipinski definition) is 7. The highest BCUT2D eigenvalue weighted by molar-refractivity contribution is 9.10. The molecule has 5 heterocycles. The quantitative estimate of drug-likeness (QED) is 0.0618. The molecule has 5 aromatic heterocycles. The molecular formula is C114H91Br2N5O4Si. The second kappa shape index (κ2) is 38.9. The Balaban J connectivity index is 0.000000129. The minimum atomic E-state index is -2.06. The Bertz CT molecular complexity index is 7040. The molecule has 12 heteroatoms. The van der Waals surface area contributed by atoms with Crippen LogP contribution in [0.25, 0.3) is 156 Å². The van der Waals surface area contributed by atoms with Gasteiger partial charge < -0.3 is 18.7 Å². The van der Waals surface area contributed by atoms with Crippen molar-refractivity contribution in [3.63, 3.8) is 0 Å². The number of hydrogen-bond donors (Lipinski definition) is 1. The number of phenols is 1. The van der Waals surface area contributed by atoms with Crippen molar-refractivity contribution in [2.45, 2.75) is 45.8 Å². The SMILES string of the molecule is Brc1cccc(-c2cc(-c3ccccc3)nc(-c3ccccc3)c2)c1.CC(=O)c1ccccc1.CC(C)(C)[Si](C)(C)Oc1cccc2c1c1ccccc1n2-c1cccc(-c2cc(-c3ccccc3)nc(-c3ccccc3)c2)c1.O=Cc1cccc(Br)c1.Oc1cccc2c1c1ccccc1n2-c1cccc(-c2cc(-c3ccccc3)nc(-c3ccccc3)c2)c1. The summed E-state index contributed by atoms with van der Waals surface area (Å²) in [6.07, 6.45) is 0.824. The monoisotopic (exact) mass is 1780 g/mol. The van der Waals surface area contributed by atoms with Gasteiger partial charge in [-0.2, -0.15) is 0 Å². The third kappa shape index (κ3) is 19.7. The Morgan fingerprint density at radius 1 is 0.325 bits per heavy atom. The number of ketones is 1. The van der Waals surface area contributed by atoms with E-state index < -0.39 is 8.32 Å². The van der Waals surface area contributed by atoms with Gasteiger partial charge in [-0.3, -0.25) is 9.59 Å². The van der Waals surface area contributed by atoms with E-state index in [1.807, 2.05) is 152 Å². The van der Waals surface area contributed by atoms with Crippen LogP contribution < -0.4 is 4.43 Å². The number of benzene rings is 15. The van der Waals surface area contributed by atoms with E-state index in [1.54, 1.807) is 25.1 Å². The summed E-state index contributed by atoms with van der Waals surface area (Å²) in [6, 6.07) is 147. The Kier molecular flexibility index (Phi) is 26.3. The zero-order valence-electron chi connectivity index (χ0n) is 70.7. The van der Waals surface area contributed by atoms with E-state index in [0.29, 0.717) is 11.3 Å². The number of aromatic nitrogens is 5. The van der Waals surface area contributed by atoms with Crippen LogP contribution in [0.1, 0.15) is 48.4 Å². The van der Waals surface area contributed by atoms with Crippen molar-refractivity contribution in [3.8, 4) is 124 Å². The predicted molar refractivity (Wildman–Crippen MR) is 533 cm³/mol. The fourth-order valence-electron chi connectivity index (χ4n) is 15.3. The number of Topliss-reactive ketones (excluding diaryl/α,β-unsaturated/α-hetero) is 1. The van der Waals surface area contributed by atoms with Crippen LogP contribution in [0, 0.1) is 0 Å². The molecule has 0 saturated heterocycles. The molecule has 0 atom stereocenters. The zero-order chi connectivity index (χ0) is 87.1. The van der Waals surface area contributed by atoms with Crippen molar-refractivity contribution in [2.24, 2.45) is 0 Å². The molecule has 0 aliphatic rings. The molecule has 0 fully saturated rings. The first-order valence-corrected chi connectivity index (χ1v) is 46.4. The molecule has 0 unspecified atom stereocenters. The summed E-state index contributed by atoms with van der Waals surface area (Å²) < 4.78 is 13.6. The lowest BCUT2D eigenvalue weighted by molar-refractivity contribution is 0.101. The van der Waals surface area contributed by atoms with Gasteiger partial charge in [-0.25, -0.2) is 15.0 Å². The van der Waals surface area contributed by atoms with Gasteiger partial charge in [-0.15, -0.1) is 0 Å². The molecule has 0 amide bonds. The molecule has 1 N–H and O–H groups in total. The lowest BCUT2D eigenvalue weighted by Crippen LogP contribution is -2.43. The van der Waals surface area contributed by atoms with Crippen LogP contribution in [0.3, 0.4) is 0 Å². The Hall–Kier alpha value is -14.5. The van der Waals surface area contributed by atoms with Gasteiger partial charge in [0, 0.05) is 86.4 Å². The highest BCUT2D eigenvalue weighted by atomic mass is 79.9. The summed E-state index contributed by atoms with van der Waals surface area (Å²) in [6.45, 7) is 13.1. The molecule has 0 aliphatic heterocycles. The van der Waals surface area contributed by atoms with Crippen molar-refractivity contribution >= 4 is 95.9 Å². The van der Waals surface area contributed by atoms with Gasteiger partial charge in [0.2, 0.25) is 0 Å². The summed E-state index contributed by atoms with van der Waals surface area (Å²) in [5, 5.41) is 15.1. The Morgan fingerprint density at radius 2 is 0.627 bits per heavy atom. The lowest BCUT2D eigenvalue weighted by atomic mass is 9.99. The van der Waals surface area contributed by atoms with Crippen molar-refractivity contribution in [1.82, 2.24) is 24.1 Å². The Morgan fingerprint density at radius 3 is 0.976 bits per heavy atom. The van der Waals surface area contributed by atoms with Gasteiger partial charge in [0.1, 0.15) is 17.8 Å². The minimum Gasteiger partial charge on any atom is -0.543 e. The maximum Gasteiger partial charge on any atom is 0.250 e. The van der Waals surface area contributed by atoms with E-state index in [0.717, 1.165) is 161 Å². The normalized spacial score (nSPS) is 11.1. The third-order valence-electron chi connectivity index (χ3n) is 22.6. The second-order valence-corrected chi connectivity index (χ2v) is 38.7. The number of aldehydes is 1. The number of pyridine rings is 3. The number of nitrogens with zero attached hydrogens (tertiary/aromatic N) is 5. The van der Waals surface area contributed by atoms with E-state index in [1.165, 1.54) is 21.9 Å². The number of fused-ring (bicyclic) bond motifs is 6. The van der Waals surface area contributed by atoms with Crippen LogP contribution in [-0.2, 0) is 0 Å². The van der Waals surface area contributed by atoms with Crippen LogP contribution in [-0.4, -0.2) is 49.6 Å². The Labute approximate surface area is 753 Å². The van der Waals surface area contributed by atoms with Gasteiger partial charge in [0.05, 0.1) is 56.2 Å². The van der Waals surface area contributed by atoms with Crippen molar-refractivity contribution in [2.75, 3.05) is 0 Å². The van der Waals surface area contributed by atoms with Crippen LogP contribution in [0.5, 0.6) is 11.5 Å². The number of aromatic hydroxyl groups is 1. The highest BCUT2D eigenvalue weighted by Gasteiger charge is 2.39. The van der Waals surface area contributed by atoms with Gasteiger partial charge >= 0.3 is 0 Å². The summed E-state index contributed by atoms with van der Waals surface area (Å²) in [5.74, 6) is 1.39. The molecule has 20 rings (SSSR count). The molecule has 0 saturated carbocycles. The first-order chi connectivity index (χ1) is 61.4. The third-order valence-corrected chi connectivity index (χ3v) is 27.9. The van der Waals surface area contributed by atoms with Crippen LogP contribution >= 0.6 is 31.9 Å². The first kappa shape index (κ1) is 85.0. The average Bonchev–Trinajstić information content (AvgIpc) is 1.49. The highest BCUT2D eigenvalue weighted by Crippen LogP contribution is 2.45. The van der Waals surface area contributed by atoms with Gasteiger partial charge in [-0.05, 0) is 180 Å². The molecule has 0 spiro atoms. The number of carbonyl (C=O) groups is 2. The largest absolute Gasteiger partial charge is 0.543 e. The molecule has 126 heavy (non-hydrogen) atoms. The van der Waals surface area contributed by atoms with Gasteiger partial charge in [0.25, 0.3) is 8.32 Å². The summed E-state index contributed by atoms with van der Waals surface area (Å²) in [7, 11) is -2.06. The standard InChI is InChI=1S/C41H38N2OSi.C35H24N2O.C23H16BrN.C8H8O.C7H5BrO/c1-41(2,3)45(4,5)44-39-25-15-24-38-40(39)34-22-12-13-23-37(34)43(38)33-21-14-20-31(26-33)32-27-35(29-16-8-6-9-17-29)42-36(28-32)30-18-10-7-11-19-30;38-34-20-10-19-33-35(34)29-17-7-8-18-32(29)37(33)28-16-9-15-26(21-28)27-22-30(24-11-3-1-4-12-24)36-31(23-27)25-13-5-2-6-14-25;24-21-13-7-12-19(14-21)20-15-22(17-8-3-1-4-9-17)25-23(16-20)18-10-5-2-6-11-18;1-7(9)8-5-3-2-4-6-8;8-7-3-1-2-6(4-7)5-9/h6-28H,1-5H3;1-23,38H;1-16H;2-6H,1H3;1-5H. The molecule has 0 aliphatic carbocycles. The summed E-state index contributed by atoms with van der Waals surface area (Å²) in [4.78, 5) is 35.8. The zero-order valence-corrected chi connectivity index (χ0v) is 74.9. The number of phenolic OH excluding ortho intramolecular Hbond substituents is 1. The number of halogens is 2. The smallest absolute Gasteiger partial charge is 0.250 e. The minimum absolute atomic E-state index is 0.101. The number of rotatable bonds is 15. The fraction of sp³-hybridized carbons (Fsp3) is 0.0614. The van der Waals surface area contributed by atoms with Crippen molar-refractivity contribution < 1.29 is 19.1 Å². The van der Waals surface area contributed by atoms with E-state index in [-0.39, 0.29) is 10.8 Å². The maximum absolute atomic E-state index is 10.7. The van der Waals surface area contributed by atoms with Crippen LogP contribution in [0.2, 0.25) is 18.1 Å². The van der Waals surface area contributed by atoms with E-state index in [4.69, 9.17) is 19.4 Å². The molecule has 20 aromatic rings. The fourth-order valence-corrected chi connectivity index (χ4v) is 17.1. The van der Waals surface area contributed by atoms with E-state index >= 15 is 0 Å². The van der Waals surface area contributed by atoms with Crippen LogP contribution in [0.15, 0.2) is 440 Å². The molecule has 614 valence electrons. The summed E-state index contributed by atoms with van der Waals surface area (Å²) in [5.41, 5.74) is 27.2. The maximum atomic E-state index is 10.7. The lowest BCUT2D eigenvalue weighted by Gasteiger charge is -2.36. The first-order valence-electron chi connectivity index (χ1n) is 41.9.